The summed E-state index contributed by atoms with van der Waals surface area (Å²) in [5, 5.41) is 3.49. The molecular weight excluding hydrogens is 346 g/mol. The summed E-state index contributed by atoms with van der Waals surface area (Å²) in [6.45, 7) is 4.99. The molecule has 0 aromatic heterocycles. The predicted molar refractivity (Wildman–Crippen MR) is 105 cm³/mol. The number of rotatable bonds is 4. The van der Waals surface area contributed by atoms with E-state index in [-0.39, 0.29) is 5.91 Å². The van der Waals surface area contributed by atoms with Gasteiger partial charge in [-0.05, 0) is 29.7 Å². The molecule has 2 aromatic rings. The van der Waals surface area contributed by atoms with E-state index in [1.54, 1.807) is 6.07 Å². The van der Waals surface area contributed by atoms with Gasteiger partial charge in [-0.1, -0.05) is 48.0 Å². The molecule has 4 nitrogen and oxygen atoms in total. The molecule has 1 unspecified atom stereocenters. The Balaban J connectivity index is 1.29. The Morgan fingerprint density at radius 2 is 1.85 bits per heavy atom. The number of halogens is 1. The Labute approximate surface area is 159 Å². The van der Waals surface area contributed by atoms with Crippen molar-refractivity contribution < 1.29 is 4.79 Å². The van der Waals surface area contributed by atoms with E-state index in [4.69, 9.17) is 11.6 Å². The van der Waals surface area contributed by atoms with Crippen molar-refractivity contribution in [2.24, 2.45) is 0 Å². The average molecular weight is 370 g/mol. The van der Waals surface area contributed by atoms with Crippen molar-refractivity contribution in [2.75, 3.05) is 31.5 Å². The number of nitrogens with one attached hydrogen (secondary N) is 1. The van der Waals surface area contributed by atoms with Crippen molar-refractivity contribution in [3.05, 3.63) is 64.7 Å². The molecule has 1 atom stereocenters. The third-order valence-electron chi connectivity index (χ3n) is 5.44. The maximum atomic E-state index is 12.2. The Hall–Kier alpha value is -1.88. The van der Waals surface area contributed by atoms with Crippen molar-refractivity contribution in [3.8, 4) is 0 Å². The Kier molecular flexibility index (Phi) is 5.25. The quantitative estimate of drug-likeness (QED) is 0.897. The van der Waals surface area contributed by atoms with Gasteiger partial charge in [0.2, 0.25) is 5.91 Å². The van der Waals surface area contributed by atoms with Crippen LogP contribution in [0.5, 0.6) is 0 Å². The number of para-hydroxylation sites is 1. The maximum absolute atomic E-state index is 12.2. The number of piperazine rings is 1. The summed E-state index contributed by atoms with van der Waals surface area (Å²) >= 11 is 6.10. The third-order valence-corrected chi connectivity index (χ3v) is 5.77. The van der Waals surface area contributed by atoms with Gasteiger partial charge >= 0.3 is 0 Å². The number of amides is 1. The lowest BCUT2D eigenvalue weighted by atomic mass is 9.92. The molecule has 0 radical (unpaired) electrons. The Morgan fingerprint density at radius 1 is 1.08 bits per heavy atom. The van der Waals surface area contributed by atoms with Crippen LogP contribution in [0.15, 0.2) is 48.5 Å². The second-order valence-corrected chi connectivity index (χ2v) is 7.58. The van der Waals surface area contributed by atoms with Crippen LogP contribution in [-0.2, 0) is 17.8 Å². The molecule has 0 aliphatic carbocycles. The van der Waals surface area contributed by atoms with Gasteiger partial charge in [0, 0.05) is 45.2 Å². The first-order valence-electron chi connectivity index (χ1n) is 9.26. The van der Waals surface area contributed by atoms with Gasteiger partial charge in [0.05, 0.1) is 10.7 Å². The van der Waals surface area contributed by atoms with E-state index in [1.807, 2.05) is 18.2 Å². The highest BCUT2D eigenvalue weighted by molar-refractivity contribution is 6.33. The van der Waals surface area contributed by atoms with Gasteiger partial charge in [0.25, 0.3) is 0 Å². The van der Waals surface area contributed by atoms with Crippen LogP contribution in [-0.4, -0.2) is 47.9 Å². The zero-order valence-electron chi connectivity index (χ0n) is 14.8. The third kappa shape index (κ3) is 3.93. The molecule has 2 aromatic carbocycles. The van der Waals surface area contributed by atoms with Gasteiger partial charge in [-0.2, -0.15) is 0 Å². The van der Waals surface area contributed by atoms with E-state index in [9.17, 15) is 4.79 Å². The minimum atomic E-state index is 0.0227. The molecule has 0 saturated carbocycles. The van der Waals surface area contributed by atoms with Crippen LogP contribution in [0.1, 0.15) is 17.5 Å². The van der Waals surface area contributed by atoms with Crippen LogP contribution >= 0.6 is 11.6 Å². The van der Waals surface area contributed by atoms with E-state index in [1.165, 1.54) is 11.1 Å². The van der Waals surface area contributed by atoms with Crippen LogP contribution < -0.4 is 5.32 Å². The average Bonchev–Trinajstić information content (AvgIpc) is 2.66. The first kappa shape index (κ1) is 17.5. The van der Waals surface area contributed by atoms with Crippen LogP contribution in [0, 0.1) is 0 Å². The van der Waals surface area contributed by atoms with E-state index < -0.39 is 0 Å². The lowest BCUT2D eigenvalue weighted by molar-refractivity contribution is -0.116. The van der Waals surface area contributed by atoms with Crippen LogP contribution in [0.4, 0.5) is 5.69 Å². The van der Waals surface area contributed by atoms with Crippen LogP contribution in [0.25, 0.3) is 0 Å². The summed E-state index contributed by atoms with van der Waals surface area (Å²) in [7, 11) is 0. The van der Waals surface area contributed by atoms with Crippen molar-refractivity contribution in [1.82, 2.24) is 9.80 Å². The molecule has 5 heteroatoms. The molecule has 1 amide bonds. The van der Waals surface area contributed by atoms with Gasteiger partial charge in [-0.15, -0.1) is 0 Å². The van der Waals surface area contributed by atoms with Gasteiger partial charge in [-0.3, -0.25) is 14.6 Å². The molecule has 1 N–H and O–H groups in total. The van der Waals surface area contributed by atoms with Crippen molar-refractivity contribution in [2.45, 2.75) is 25.4 Å². The number of nitrogens with zero attached hydrogens (tertiary/aromatic N) is 2. The predicted octanol–water partition coefficient (Wildman–Crippen LogP) is 3.41. The fourth-order valence-electron chi connectivity index (χ4n) is 3.98. The SMILES string of the molecule is O=C(CCN1CCN2Cc3ccccc3CC2C1)Nc1ccccc1Cl. The number of carbonyl (C=O) groups excluding carboxylic acids is 1. The number of benzene rings is 2. The second-order valence-electron chi connectivity index (χ2n) is 7.18. The number of carbonyl (C=O) groups is 1. The number of hydrogen-bond acceptors (Lipinski definition) is 3. The number of fused-ring (bicyclic) bond motifs is 2. The van der Waals surface area contributed by atoms with E-state index in [0.717, 1.165) is 39.1 Å². The van der Waals surface area contributed by atoms with Crippen LogP contribution in [0.2, 0.25) is 5.02 Å². The van der Waals surface area contributed by atoms with Crippen LogP contribution in [0.3, 0.4) is 0 Å². The molecule has 136 valence electrons. The highest BCUT2D eigenvalue weighted by Crippen LogP contribution is 2.26. The minimum absolute atomic E-state index is 0.0227. The highest BCUT2D eigenvalue weighted by atomic mass is 35.5. The molecule has 0 bridgehead atoms. The summed E-state index contributed by atoms with van der Waals surface area (Å²) in [4.78, 5) is 17.3. The van der Waals surface area contributed by atoms with E-state index >= 15 is 0 Å². The molecule has 1 fully saturated rings. The smallest absolute Gasteiger partial charge is 0.225 e. The van der Waals surface area contributed by atoms with E-state index in [0.29, 0.717) is 23.2 Å². The molecule has 0 spiro atoms. The van der Waals surface area contributed by atoms with Gasteiger partial charge in [0.1, 0.15) is 0 Å². The summed E-state index contributed by atoms with van der Waals surface area (Å²) in [5.41, 5.74) is 3.64. The minimum Gasteiger partial charge on any atom is -0.325 e. The fourth-order valence-corrected chi connectivity index (χ4v) is 4.16. The first-order valence-corrected chi connectivity index (χ1v) is 9.64. The molecule has 26 heavy (non-hydrogen) atoms. The zero-order chi connectivity index (χ0) is 17.9. The Bertz CT molecular complexity index is 794. The topological polar surface area (TPSA) is 35.6 Å². The molecule has 2 aliphatic rings. The van der Waals surface area contributed by atoms with Gasteiger partial charge in [0.15, 0.2) is 0 Å². The number of anilines is 1. The monoisotopic (exact) mass is 369 g/mol. The fraction of sp³-hybridized carbons (Fsp3) is 0.381. The largest absolute Gasteiger partial charge is 0.325 e. The summed E-state index contributed by atoms with van der Waals surface area (Å²) in [6.07, 6.45) is 1.60. The zero-order valence-corrected chi connectivity index (χ0v) is 15.6. The lowest BCUT2D eigenvalue weighted by Gasteiger charge is -2.44. The standard InChI is InChI=1S/C21H24ClN3O/c22-19-7-3-4-8-20(19)23-21(26)9-10-24-11-12-25-14-17-6-2-1-5-16(17)13-18(25)15-24/h1-8,18H,9-15H2,(H,23,26). The maximum Gasteiger partial charge on any atom is 0.225 e. The second kappa shape index (κ2) is 7.78. The molecule has 1 saturated heterocycles. The van der Waals surface area contributed by atoms with Crippen molar-refractivity contribution in [3.63, 3.8) is 0 Å². The Morgan fingerprint density at radius 3 is 2.69 bits per heavy atom. The molecular formula is C21H24ClN3O. The van der Waals surface area contributed by atoms with Gasteiger partial charge in [-0.25, -0.2) is 0 Å². The summed E-state index contributed by atoms with van der Waals surface area (Å²) < 4.78 is 0. The molecule has 2 heterocycles. The number of hydrogen-bond donors (Lipinski definition) is 1. The van der Waals surface area contributed by atoms with Crippen molar-refractivity contribution >= 4 is 23.2 Å². The normalized spacial score (nSPS) is 20.3. The summed E-state index contributed by atoms with van der Waals surface area (Å²) in [6, 6.07) is 16.7. The van der Waals surface area contributed by atoms with Gasteiger partial charge < -0.3 is 5.32 Å². The molecule has 2 aliphatic heterocycles. The molecule has 4 rings (SSSR count). The first-order chi connectivity index (χ1) is 12.7. The highest BCUT2D eigenvalue weighted by Gasteiger charge is 2.31. The van der Waals surface area contributed by atoms with E-state index in [2.05, 4.69) is 39.4 Å². The van der Waals surface area contributed by atoms with Crippen molar-refractivity contribution in [1.29, 1.82) is 0 Å². The lowest BCUT2D eigenvalue weighted by Crippen LogP contribution is -2.55. The summed E-state index contributed by atoms with van der Waals surface area (Å²) in [5.74, 6) is 0.0227.